The highest BCUT2D eigenvalue weighted by Crippen LogP contribution is 2.45. The Labute approximate surface area is 411 Å². The van der Waals surface area contributed by atoms with Crippen molar-refractivity contribution in [2.75, 3.05) is 43.6 Å². The first-order valence-electron chi connectivity index (χ1n) is 23.7. The van der Waals surface area contributed by atoms with Gasteiger partial charge in [0.15, 0.2) is 11.5 Å². The second-order valence-corrected chi connectivity index (χ2v) is 19.8. The first kappa shape index (κ1) is 49.5. The zero-order valence-corrected chi connectivity index (χ0v) is 41.1. The molecule has 1 aliphatic carbocycles. The molecule has 8 rings (SSSR count). The summed E-state index contributed by atoms with van der Waals surface area (Å²) in [5.74, 6) is -0.332. The summed E-state index contributed by atoms with van der Waals surface area (Å²) >= 11 is 1.56. The Balaban J connectivity index is 0.826. The van der Waals surface area contributed by atoms with Crippen LogP contribution in [0.2, 0.25) is 0 Å². The highest BCUT2D eigenvalue weighted by Gasteiger charge is 2.45. The van der Waals surface area contributed by atoms with E-state index in [1.165, 1.54) is 12.0 Å². The largest absolute Gasteiger partial charge is 0.495 e. The van der Waals surface area contributed by atoms with Crippen molar-refractivity contribution in [2.45, 2.75) is 110 Å². The normalized spacial score (nSPS) is 18.1. The Morgan fingerprint density at radius 1 is 1.04 bits per heavy atom. The average molecular weight is 973 g/mol. The molecule has 0 bridgehead atoms. The fraction of sp³-hybridized carbons (Fsp3) is 0.460. The average Bonchev–Trinajstić information content (AvgIpc) is 4.20. The van der Waals surface area contributed by atoms with E-state index in [0.29, 0.717) is 28.6 Å². The number of nitriles is 1. The number of carbonyl (C=O) groups excluding carboxylic acids is 4. The second kappa shape index (κ2) is 21.4. The van der Waals surface area contributed by atoms with Gasteiger partial charge >= 0.3 is 0 Å². The SMILES string of the molecule is CC[C@@H]1c2c(C#N)ncn2-c2cnc(Nc3ccc(C(=O)NCCOCC(=O)N[C@H](C(=O)N4C[C@H](O)C[C@H]4C(=O)NCc4ccc(-c5scnc5C)cc4)C(C)(C)C)cc3OC)nc2N1C1CCCC1. The number of likely N-dealkylation sites (tertiary alicyclic amines) is 1. The van der Waals surface area contributed by atoms with E-state index in [-0.39, 0.29) is 51.4 Å². The number of nitrogens with one attached hydrogen (secondary N) is 4. The maximum Gasteiger partial charge on any atom is 0.251 e. The van der Waals surface area contributed by atoms with Crippen molar-refractivity contribution in [1.82, 2.24) is 45.4 Å². The molecule has 5 N–H and O–H groups in total. The number of β-amino-alcohol motifs (C(OH)–C–C–N with tert-alkyl or cyclic N) is 1. The molecule has 1 saturated heterocycles. The monoisotopic (exact) mass is 972 g/mol. The molecule has 4 atom stereocenters. The van der Waals surface area contributed by atoms with E-state index in [0.717, 1.165) is 71.0 Å². The minimum Gasteiger partial charge on any atom is -0.495 e. The minimum absolute atomic E-state index is 0.00304. The van der Waals surface area contributed by atoms with Crippen LogP contribution < -0.4 is 30.9 Å². The number of aryl methyl sites for hydroxylation is 1. The molecule has 2 aliphatic heterocycles. The number of anilines is 3. The van der Waals surface area contributed by atoms with Crippen molar-refractivity contribution in [1.29, 1.82) is 5.26 Å². The number of rotatable bonds is 17. The van der Waals surface area contributed by atoms with Gasteiger partial charge in [-0.3, -0.25) is 23.7 Å². The van der Waals surface area contributed by atoms with E-state index in [9.17, 15) is 29.5 Å². The first-order chi connectivity index (χ1) is 33.7. The van der Waals surface area contributed by atoms with Gasteiger partial charge < -0.3 is 45.6 Å². The van der Waals surface area contributed by atoms with Gasteiger partial charge in [-0.05, 0) is 60.9 Å². The van der Waals surface area contributed by atoms with Crippen LogP contribution in [0.3, 0.4) is 0 Å². The van der Waals surface area contributed by atoms with Crippen LogP contribution in [0.25, 0.3) is 16.1 Å². The van der Waals surface area contributed by atoms with Gasteiger partial charge in [-0.2, -0.15) is 10.2 Å². The van der Waals surface area contributed by atoms with Crippen molar-refractivity contribution < 1.29 is 33.8 Å². The van der Waals surface area contributed by atoms with Gasteiger partial charge in [0.25, 0.3) is 5.91 Å². The van der Waals surface area contributed by atoms with Crippen molar-refractivity contribution in [3.8, 4) is 27.9 Å². The summed E-state index contributed by atoms with van der Waals surface area (Å²) in [5, 5.41) is 32.3. The van der Waals surface area contributed by atoms with Crippen LogP contribution in [-0.4, -0.2) is 116 Å². The molecule has 19 nitrogen and oxygen atoms in total. The summed E-state index contributed by atoms with van der Waals surface area (Å²) in [5.41, 5.74) is 6.81. The number of amides is 4. The maximum absolute atomic E-state index is 14.1. The first-order valence-corrected chi connectivity index (χ1v) is 24.6. The number of benzene rings is 2. The van der Waals surface area contributed by atoms with Crippen molar-refractivity contribution in [2.24, 2.45) is 5.41 Å². The van der Waals surface area contributed by atoms with Crippen LogP contribution in [-0.2, 0) is 25.7 Å². The number of hydrogen-bond acceptors (Lipinski definition) is 15. The van der Waals surface area contributed by atoms with Crippen LogP contribution in [0.5, 0.6) is 5.75 Å². The fourth-order valence-electron chi connectivity index (χ4n) is 9.56. The number of fused-ring (bicyclic) bond motifs is 3. The standard InChI is InChI=1S/C50H60N12O7S/c1-7-37-42-36(22-51)55-27-61(42)39-24-54-49(59-45(39)62(37)33-10-8-9-11-33)57-35-17-16-32(20-40(35)68-6)46(65)52-18-19-69-26-41(64)58-44(50(3,4)5)48(67)60-25-34(63)21-38(60)47(66)53-23-30-12-14-31(15-13-30)43-29(2)56-28-70-43/h12-17,20,24,27-28,33-34,37-38,44,63H,7-11,18-19,21,23,25-26H2,1-6H3,(H,52,65)(H,53,66)(H,58,64)(H,54,57,59)/t34-,37-,38+,44-/m1/s1. The lowest BCUT2D eigenvalue weighted by Crippen LogP contribution is -2.58. The van der Waals surface area contributed by atoms with Crippen LogP contribution in [0.15, 0.2) is 60.5 Å². The van der Waals surface area contributed by atoms with E-state index in [1.54, 1.807) is 68.3 Å². The molecule has 2 fully saturated rings. The smallest absolute Gasteiger partial charge is 0.251 e. The van der Waals surface area contributed by atoms with E-state index in [2.05, 4.69) is 54.1 Å². The third-order valence-corrected chi connectivity index (χ3v) is 14.1. The second-order valence-electron chi connectivity index (χ2n) is 18.9. The number of aliphatic hydroxyl groups excluding tert-OH is 1. The molecule has 70 heavy (non-hydrogen) atoms. The number of aromatic nitrogens is 5. The minimum atomic E-state index is -1.03. The predicted molar refractivity (Wildman–Crippen MR) is 263 cm³/mol. The number of nitrogens with zero attached hydrogens (tertiary/aromatic N) is 8. The third kappa shape index (κ3) is 10.6. The van der Waals surface area contributed by atoms with Crippen LogP contribution in [0.4, 0.5) is 17.5 Å². The molecule has 0 unspecified atom stereocenters. The zero-order valence-electron chi connectivity index (χ0n) is 40.3. The van der Waals surface area contributed by atoms with Crippen LogP contribution >= 0.6 is 11.3 Å². The third-order valence-electron chi connectivity index (χ3n) is 13.1. The fourth-order valence-corrected chi connectivity index (χ4v) is 10.4. The Morgan fingerprint density at radius 3 is 2.50 bits per heavy atom. The summed E-state index contributed by atoms with van der Waals surface area (Å²) in [4.78, 5) is 77.1. The van der Waals surface area contributed by atoms with Crippen LogP contribution in [0.1, 0.15) is 105 Å². The number of hydrogen-bond donors (Lipinski definition) is 5. The van der Waals surface area contributed by atoms with Gasteiger partial charge in [-0.25, -0.2) is 15.0 Å². The Kier molecular flexibility index (Phi) is 15.1. The Morgan fingerprint density at radius 2 is 1.81 bits per heavy atom. The molecule has 368 valence electrons. The number of carbonyl (C=O) groups is 4. The van der Waals surface area contributed by atoms with Crippen molar-refractivity contribution >= 4 is 52.4 Å². The summed E-state index contributed by atoms with van der Waals surface area (Å²) in [6, 6.07) is 13.3. The molecular formula is C50H60N12O7S. The highest BCUT2D eigenvalue weighted by molar-refractivity contribution is 7.13. The molecule has 2 aromatic carbocycles. The molecule has 0 spiro atoms. The lowest BCUT2D eigenvalue weighted by molar-refractivity contribution is -0.144. The van der Waals surface area contributed by atoms with Crippen LogP contribution in [0, 0.1) is 23.7 Å². The molecule has 5 heterocycles. The summed E-state index contributed by atoms with van der Waals surface area (Å²) in [6.07, 6.45) is 7.64. The Bertz CT molecular complexity index is 2760. The zero-order chi connectivity index (χ0) is 49.7. The molecule has 20 heteroatoms. The quantitative estimate of drug-likeness (QED) is 0.0725. The van der Waals surface area contributed by atoms with Gasteiger partial charge in [0.05, 0.1) is 59.5 Å². The highest BCUT2D eigenvalue weighted by atomic mass is 32.1. The number of thiazole rings is 1. The van der Waals surface area contributed by atoms with Gasteiger partial charge in [-0.1, -0.05) is 64.8 Å². The van der Waals surface area contributed by atoms with E-state index >= 15 is 0 Å². The Hall–Kier alpha value is -6.95. The van der Waals surface area contributed by atoms with Gasteiger partial charge in [0.1, 0.15) is 42.5 Å². The van der Waals surface area contributed by atoms with Gasteiger partial charge in [0, 0.05) is 37.7 Å². The van der Waals surface area contributed by atoms with E-state index in [1.807, 2.05) is 35.8 Å². The van der Waals surface area contributed by atoms with E-state index in [4.69, 9.17) is 14.5 Å². The summed E-state index contributed by atoms with van der Waals surface area (Å²) in [7, 11) is 1.50. The number of methoxy groups -OCH3 is 1. The number of ether oxygens (including phenoxy) is 2. The molecule has 3 aromatic heterocycles. The number of aliphatic hydroxyl groups is 1. The topological polar surface area (TPSA) is 242 Å². The van der Waals surface area contributed by atoms with Crippen molar-refractivity contribution in [3.05, 3.63) is 88.7 Å². The predicted octanol–water partition coefficient (Wildman–Crippen LogP) is 5.49. The summed E-state index contributed by atoms with van der Waals surface area (Å²) < 4.78 is 13.2. The summed E-state index contributed by atoms with van der Waals surface area (Å²) in [6.45, 7) is 9.37. The van der Waals surface area contributed by atoms with Crippen molar-refractivity contribution in [3.63, 3.8) is 0 Å². The molecule has 1 saturated carbocycles. The lowest BCUT2D eigenvalue weighted by Gasteiger charge is -2.41. The number of imidazole rings is 1. The molecule has 3 aliphatic rings. The molecule has 4 amide bonds. The van der Waals surface area contributed by atoms with E-state index < -0.39 is 47.2 Å². The molecule has 0 radical (unpaired) electrons. The molecular weight excluding hydrogens is 913 g/mol. The van der Waals surface area contributed by atoms with Gasteiger partial charge in [0.2, 0.25) is 23.7 Å². The van der Waals surface area contributed by atoms with Gasteiger partial charge in [-0.15, -0.1) is 11.3 Å². The lowest BCUT2D eigenvalue weighted by atomic mass is 9.85. The molecule has 5 aromatic rings. The maximum atomic E-state index is 14.1.